The van der Waals surface area contributed by atoms with Crippen molar-refractivity contribution in [3.05, 3.63) is 64.7 Å². The summed E-state index contributed by atoms with van der Waals surface area (Å²) in [5, 5.41) is 0. The Kier molecular flexibility index (Phi) is 3.06. The molecule has 3 aliphatic carbocycles. The predicted molar refractivity (Wildman–Crippen MR) is 96.9 cm³/mol. The minimum atomic E-state index is -0.551. The zero-order valence-electron chi connectivity index (χ0n) is 14.7. The summed E-state index contributed by atoms with van der Waals surface area (Å²) in [4.78, 5) is 40.5. The molecule has 0 N–H and O–H groups in total. The maximum atomic E-state index is 13.2. The van der Waals surface area contributed by atoms with Crippen LogP contribution in [0.15, 0.2) is 42.5 Å². The quantitative estimate of drug-likeness (QED) is 0.746. The molecule has 0 aromatic heterocycles. The second-order valence-electron chi connectivity index (χ2n) is 7.72. The molecule has 4 atom stereocenters. The zero-order valence-corrected chi connectivity index (χ0v) is 14.7. The van der Waals surface area contributed by atoms with Gasteiger partial charge in [0.15, 0.2) is 0 Å². The number of hydrogen-bond acceptors (Lipinski definition) is 3. The molecule has 4 heteroatoms. The molecular weight excluding hydrogens is 326 g/mol. The van der Waals surface area contributed by atoms with E-state index in [2.05, 4.69) is 0 Å². The van der Waals surface area contributed by atoms with Crippen molar-refractivity contribution in [1.29, 1.82) is 0 Å². The summed E-state index contributed by atoms with van der Waals surface area (Å²) < 4.78 is 0. The second-order valence-corrected chi connectivity index (χ2v) is 7.72. The molecule has 130 valence electrons. The Morgan fingerprint density at radius 3 is 2.27 bits per heavy atom. The van der Waals surface area contributed by atoms with Gasteiger partial charge in [-0.15, -0.1) is 0 Å². The highest BCUT2D eigenvalue weighted by molar-refractivity contribution is 6.24. The molecule has 2 aromatic carbocycles. The molecule has 1 saturated carbocycles. The smallest absolute Gasteiger partial charge is 0.238 e. The molecule has 1 aliphatic heterocycles. The molecule has 26 heavy (non-hydrogen) atoms. The number of nitrogens with zero attached hydrogens (tertiary/aromatic N) is 1. The number of benzene rings is 2. The summed E-state index contributed by atoms with van der Waals surface area (Å²) in [7, 11) is 0. The van der Waals surface area contributed by atoms with Gasteiger partial charge in [0.25, 0.3) is 0 Å². The van der Waals surface area contributed by atoms with Crippen LogP contribution in [-0.4, -0.2) is 17.6 Å². The number of carbonyl (C=O) groups is 3. The highest BCUT2D eigenvalue weighted by Crippen LogP contribution is 2.57. The Morgan fingerprint density at radius 1 is 0.846 bits per heavy atom. The lowest BCUT2D eigenvalue weighted by Gasteiger charge is -2.43. The average molecular weight is 345 g/mol. The van der Waals surface area contributed by atoms with E-state index in [-0.39, 0.29) is 23.5 Å². The number of amides is 2. The molecule has 0 spiro atoms. The molecule has 0 unspecified atom stereocenters. The summed E-state index contributed by atoms with van der Waals surface area (Å²) in [5.74, 6) is -1.90. The van der Waals surface area contributed by atoms with Crippen molar-refractivity contribution in [2.75, 3.05) is 4.90 Å². The fraction of sp³-hybridized carbons (Fsp3) is 0.318. The van der Waals surface area contributed by atoms with E-state index in [1.165, 1.54) is 4.90 Å². The number of carbonyl (C=O) groups excluding carboxylic acids is 3. The molecule has 1 saturated heterocycles. The number of anilines is 1. The number of imide groups is 1. The maximum Gasteiger partial charge on any atom is 0.238 e. The highest BCUT2D eigenvalue weighted by Gasteiger charge is 2.62. The minimum Gasteiger partial charge on any atom is -0.299 e. The largest absolute Gasteiger partial charge is 0.299 e. The SMILES string of the molecule is Cc1ccc(N2C(=O)[C@@H]3[C@@H](C2=O)[C@H]2CC(=O)[C@@H]3c3ccccc32)cc1C. The lowest BCUT2D eigenvalue weighted by molar-refractivity contribution is -0.134. The van der Waals surface area contributed by atoms with Gasteiger partial charge in [-0.25, -0.2) is 4.90 Å². The molecule has 1 heterocycles. The highest BCUT2D eigenvalue weighted by atomic mass is 16.2. The fourth-order valence-electron chi connectivity index (χ4n) is 5.08. The second kappa shape index (κ2) is 5.13. The van der Waals surface area contributed by atoms with Crippen LogP contribution >= 0.6 is 0 Å². The van der Waals surface area contributed by atoms with Crippen molar-refractivity contribution in [1.82, 2.24) is 0 Å². The van der Waals surface area contributed by atoms with Gasteiger partial charge >= 0.3 is 0 Å². The van der Waals surface area contributed by atoms with Gasteiger partial charge in [-0.1, -0.05) is 30.3 Å². The van der Waals surface area contributed by atoms with Crippen molar-refractivity contribution in [2.24, 2.45) is 11.8 Å². The normalized spacial score (nSPS) is 29.2. The third-order valence-corrected chi connectivity index (χ3v) is 6.44. The van der Waals surface area contributed by atoms with E-state index >= 15 is 0 Å². The topological polar surface area (TPSA) is 54.5 Å². The van der Waals surface area contributed by atoms with Crippen molar-refractivity contribution < 1.29 is 14.4 Å². The third kappa shape index (κ3) is 1.82. The number of fused-ring (bicyclic) bond motifs is 1. The first kappa shape index (κ1) is 15.5. The summed E-state index contributed by atoms with van der Waals surface area (Å²) in [6, 6.07) is 13.4. The van der Waals surface area contributed by atoms with Gasteiger partial charge in [-0.3, -0.25) is 14.4 Å². The molecular formula is C22H19NO3. The van der Waals surface area contributed by atoms with Crippen LogP contribution in [0, 0.1) is 25.7 Å². The third-order valence-electron chi connectivity index (χ3n) is 6.44. The number of rotatable bonds is 1. The van der Waals surface area contributed by atoms with Crippen LogP contribution in [0.3, 0.4) is 0 Å². The van der Waals surface area contributed by atoms with Gasteiger partial charge in [0, 0.05) is 12.3 Å². The molecule has 2 amide bonds. The van der Waals surface area contributed by atoms with Crippen LogP contribution < -0.4 is 4.90 Å². The van der Waals surface area contributed by atoms with Gasteiger partial charge in [-0.05, 0) is 48.2 Å². The average Bonchev–Trinajstić information content (AvgIpc) is 2.90. The fourth-order valence-corrected chi connectivity index (χ4v) is 5.08. The number of ketones is 1. The zero-order chi connectivity index (χ0) is 18.2. The van der Waals surface area contributed by atoms with Crippen molar-refractivity contribution >= 4 is 23.3 Å². The van der Waals surface area contributed by atoms with Crippen molar-refractivity contribution in [3.8, 4) is 0 Å². The Balaban J connectivity index is 1.65. The molecule has 2 bridgehead atoms. The van der Waals surface area contributed by atoms with E-state index in [1.807, 2.05) is 56.3 Å². The standard InChI is InChI=1S/C22H19NO3/c1-11-7-8-13(9-12(11)2)23-21(25)19-16-10-17(24)18(20(19)22(23)26)15-6-4-3-5-14(15)16/h3-9,16,18-20H,10H2,1-2H3/t16-,18-,19-,20-/m0/s1. The lowest BCUT2D eigenvalue weighted by Crippen LogP contribution is -2.44. The van der Waals surface area contributed by atoms with E-state index in [1.54, 1.807) is 0 Å². The van der Waals surface area contributed by atoms with E-state index in [0.29, 0.717) is 12.1 Å². The Morgan fingerprint density at radius 2 is 1.54 bits per heavy atom. The van der Waals surface area contributed by atoms with Gasteiger partial charge in [0.05, 0.1) is 23.4 Å². The van der Waals surface area contributed by atoms with Crippen LogP contribution in [-0.2, 0) is 14.4 Å². The van der Waals surface area contributed by atoms with Crippen LogP contribution in [0.5, 0.6) is 0 Å². The monoisotopic (exact) mass is 345 g/mol. The van der Waals surface area contributed by atoms with E-state index in [4.69, 9.17) is 0 Å². The molecule has 2 aromatic rings. The van der Waals surface area contributed by atoms with Crippen molar-refractivity contribution in [2.45, 2.75) is 32.1 Å². The molecule has 0 radical (unpaired) electrons. The number of aryl methyl sites for hydroxylation is 2. The Labute approximate surface area is 151 Å². The molecule has 6 rings (SSSR count). The molecule has 4 aliphatic rings. The van der Waals surface area contributed by atoms with Crippen molar-refractivity contribution in [3.63, 3.8) is 0 Å². The van der Waals surface area contributed by atoms with Crippen LogP contribution in [0.4, 0.5) is 5.69 Å². The van der Waals surface area contributed by atoms with Crippen LogP contribution in [0.2, 0.25) is 0 Å². The van der Waals surface area contributed by atoms with E-state index in [9.17, 15) is 14.4 Å². The molecule has 2 fully saturated rings. The first-order chi connectivity index (χ1) is 12.5. The number of Topliss-reactive ketones (excluding diaryl/α,β-unsaturated/α-hetero) is 1. The Hall–Kier alpha value is -2.75. The summed E-state index contributed by atoms with van der Waals surface area (Å²) in [6.45, 7) is 3.97. The Bertz CT molecular complexity index is 993. The van der Waals surface area contributed by atoms with Gasteiger partial charge in [-0.2, -0.15) is 0 Å². The predicted octanol–water partition coefficient (Wildman–Crippen LogP) is 3.26. The lowest BCUT2D eigenvalue weighted by atomic mass is 9.56. The first-order valence-electron chi connectivity index (χ1n) is 9.05. The molecule has 4 nitrogen and oxygen atoms in total. The van der Waals surface area contributed by atoms with Gasteiger partial charge in [0.1, 0.15) is 5.78 Å². The van der Waals surface area contributed by atoms with E-state index in [0.717, 1.165) is 22.3 Å². The summed E-state index contributed by atoms with van der Waals surface area (Å²) in [5.41, 5.74) is 4.79. The first-order valence-corrected chi connectivity index (χ1v) is 9.05. The summed E-state index contributed by atoms with van der Waals surface area (Å²) in [6.07, 6.45) is 0.364. The van der Waals surface area contributed by atoms with Crippen LogP contribution in [0.1, 0.15) is 40.5 Å². The minimum absolute atomic E-state index is 0.0954. The maximum absolute atomic E-state index is 13.2. The van der Waals surface area contributed by atoms with Crippen LogP contribution in [0.25, 0.3) is 0 Å². The van der Waals surface area contributed by atoms with Gasteiger partial charge < -0.3 is 0 Å². The van der Waals surface area contributed by atoms with E-state index < -0.39 is 17.8 Å². The number of hydrogen-bond donors (Lipinski definition) is 0. The van der Waals surface area contributed by atoms with Gasteiger partial charge in [0.2, 0.25) is 11.8 Å². The summed E-state index contributed by atoms with van der Waals surface area (Å²) >= 11 is 0.